The Morgan fingerprint density at radius 2 is 1.07 bits per heavy atom. The Labute approximate surface area is 243 Å². The first kappa shape index (κ1) is 33.3. The Balaban J connectivity index is 1.82. The first-order valence-corrected chi connectivity index (χ1v) is 14.2. The quantitative estimate of drug-likeness (QED) is 0.266. The van der Waals surface area contributed by atoms with Crippen LogP contribution < -0.4 is 16.0 Å². The summed E-state index contributed by atoms with van der Waals surface area (Å²) >= 11 is 0. The largest absolute Gasteiger partial charge is 0.445 e. The van der Waals surface area contributed by atoms with E-state index in [0.29, 0.717) is 6.42 Å². The van der Waals surface area contributed by atoms with Crippen molar-refractivity contribution in [2.45, 2.75) is 85.7 Å². The third-order valence-electron chi connectivity index (χ3n) is 6.63. The van der Waals surface area contributed by atoms with Crippen molar-refractivity contribution in [3.05, 3.63) is 71.8 Å². The highest BCUT2D eigenvalue weighted by Crippen LogP contribution is 2.16. The lowest BCUT2D eigenvalue weighted by molar-refractivity contribution is -0.124. The Morgan fingerprint density at radius 3 is 1.51 bits per heavy atom. The molecule has 0 radical (unpaired) electrons. The fourth-order valence-electron chi connectivity index (χ4n) is 4.49. The molecule has 0 spiro atoms. The van der Waals surface area contributed by atoms with Crippen LogP contribution in [0.3, 0.4) is 0 Å². The molecule has 2 rings (SSSR count). The Hall–Kier alpha value is -3.88. The molecule has 3 amide bonds. The fourth-order valence-corrected chi connectivity index (χ4v) is 4.49. The van der Waals surface area contributed by atoms with E-state index in [4.69, 9.17) is 9.47 Å². The number of ether oxygens (including phenoxy) is 2. The highest BCUT2D eigenvalue weighted by atomic mass is 16.6. The smallest absolute Gasteiger partial charge is 0.408 e. The average molecular weight is 568 g/mol. The van der Waals surface area contributed by atoms with E-state index in [-0.39, 0.29) is 55.1 Å². The number of Topliss-reactive ketones (excluding diaryl/α,β-unsaturated/α-hetero) is 1. The van der Waals surface area contributed by atoms with E-state index in [2.05, 4.69) is 16.0 Å². The van der Waals surface area contributed by atoms with Crippen molar-refractivity contribution in [2.75, 3.05) is 0 Å². The number of benzene rings is 2. The maximum atomic E-state index is 13.1. The van der Waals surface area contributed by atoms with Gasteiger partial charge in [-0.05, 0) is 42.2 Å². The van der Waals surface area contributed by atoms with Crippen LogP contribution in [0.5, 0.6) is 0 Å². The van der Waals surface area contributed by atoms with Gasteiger partial charge in [0.15, 0.2) is 5.78 Å². The maximum absolute atomic E-state index is 13.1. The predicted octanol–water partition coefficient (Wildman–Crippen LogP) is 5.38. The molecule has 9 heteroatoms. The molecule has 0 heterocycles. The number of carbonyl (C=O) groups excluding carboxylic acids is 4. The van der Waals surface area contributed by atoms with Crippen LogP contribution >= 0.6 is 0 Å². The van der Waals surface area contributed by atoms with Crippen LogP contribution in [0.4, 0.5) is 9.59 Å². The van der Waals surface area contributed by atoms with Crippen molar-refractivity contribution in [1.82, 2.24) is 16.0 Å². The first-order valence-electron chi connectivity index (χ1n) is 14.2. The van der Waals surface area contributed by atoms with Gasteiger partial charge in [0, 0.05) is 12.5 Å². The molecule has 0 aliphatic rings. The molecule has 2 aromatic carbocycles. The lowest BCUT2D eigenvalue weighted by Crippen LogP contribution is -2.52. The van der Waals surface area contributed by atoms with Crippen LogP contribution in [-0.2, 0) is 32.3 Å². The zero-order valence-electron chi connectivity index (χ0n) is 25.0. The summed E-state index contributed by atoms with van der Waals surface area (Å²) in [5, 5.41) is 8.33. The third-order valence-corrected chi connectivity index (χ3v) is 6.63. The Bertz CT molecular complexity index is 1020. The molecule has 3 N–H and O–H groups in total. The van der Waals surface area contributed by atoms with Crippen molar-refractivity contribution in [1.29, 1.82) is 0 Å². The zero-order valence-corrected chi connectivity index (χ0v) is 25.0. The molecule has 0 aliphatic heterocycles. The second-order valence-electron chi connectivity index (χ2n) is 11.3. The number of ketones is 1. The topological polar surface area (TPSA) is 123 Å². The minimum atomic E-state index is -0.769. The van der Waals surface area contributed by atoms with Crippen LogP contribution in [0.2, 0.25) is 0 Å². The normalized spacial score (nSPS) is 14.0. The minimum absolute atomic E-state index is 0.0533. The summed E-state index contributed by atoms with van der Waals surface area (Å²) in [5.74, 6) is -0.737. The van der Waals surface area contributed by atoms with Gasteiger partial charge in [0.2, 0.25) is 5.91 Å². The summed E-state index contributed by atoms with van der Waals surface area (Å²) in [7, 11) is 0. The number of hydrogen-bond donors (Lipinski definition) is 3. The maximum Gasteiger partial charge on any atom is 0.408 e. The number of rotatable bonds is 15. The Kier molecular flexibility index (Phi) is 13.9. The molecule has 4 atom stereocenters. The van der Waals surface area contributed by atoms with Gasteiger partial charge in [-0.3, -0.25) is 9.59 Å². The number of carbonyl (C=O) groups is 4. The minimum Gasteiger partial charge on any atom is -0.445 e. The van der Waals surface area contributed by atoms with Gasteiger partial charge in [0.25, 0.3) is 0 Å². The van der Waals surface area contributed by atoms with Crippen LogP contribution in [0.15, 0.2) is 60.7 Å². The highest BCUT2D eigenvalue weighted by molar-refractivity contribution is 5.88. The molecule has 4 unspecified atom stereocenters. The second kappa shape index (κ2) is 17.0. The standard InChI is InChI=1S/C32H45N3O6/c1-21(2)28(34-31(38)40-19-25-13-9-7-10-14-25)27(36)18-23(5)17-24(6)33-30(37)29(22(3)4)35-32(39)41-20-26-15-11-8-12-16-26/h7-16,21-24,28-29H,17-20H2,1-6H3,(H,33,37)(H,34,38)(H,35,39). The number of amides is 3. The van der Waals surface area contributed by atoms with Crippen LogP contribution in [0, 0.1) is 17.8 Å². The molecule has 0 fully saturated rings. The van der Waals surface area contributed by atoms with E-state index in [0.717, 1.165) is 11.1 Å². The summed E-state index contributed by atoms with van der Waals surface area (Å²) < 4.78 is 10.6. The Morgan fingerprint density at radius 1 is 0.634 bits per heavy atom. The molecular weight excluding hydrogens is 522 g/mol. The number of nitrogens with one attached hydrogen (secondary N) is 3. The second-order valence-corrected chi connectivity index (χ2v) is 11.3. The summed E-state index contributed by atoms with van der Waals surface area (Å²) in [6, 6.07) is 16.9. The van der Waals surface area contributed by atoms with Gasteiger partial charge in [0.1, 0.15) is 19.3 Å². The van der Waals surface area contributed by atoms with Crippen molar-refractivity contribution < 1.29 is 28.7 Å². The SMILES string of the molecule is CC(CC(=O)C(NC(=O)OCc1ccccc1)C(C)C)CC(C)NC(=O)C(NC(=O)OCc1ccccc1)C(C)C. The van der Waals surface area contributed by atoms with Crippen molar-refractivity contribution in [3.8, 4) is 0 Å². The summed E-state index contributed by atoms with van der Waals surface area (Å²) in [5.41, 5.74) is 1.71. The predicted molar refractivity (Wildman–Crippen MR) is 158 cm³/mol. The monoisotopic (exact) mass is 567 g/mol. The van der Waals surface area contributed by atoms with Crippen LogP contribution in [0.1, 0.15) is 65.5 Å². The highest BCUT2D eigenvalue weighted by Gasteiger charge is 2.28. The van der Waals surface area contributed by atoms with E-state index in [1.54, 1.807) is 0 Å². The van der Waals surface area contributed by atoms with Gasteiger partial charge in [-0.1, -0.05) is 95.3 Å². The third kappa shape index (κ3) is 12.4. The van der Waals surface area contributed by atoms with Gasteiger partial charge in [0.05, 0.1) is 6.04 Å². The van der Waals surface area contributed by atoms with Gasteiger partial charge >= 0.3 is 12.2 Å². The molecule has 0 saturated heterocycles. The van der Waals surface area contributed by atoms with Gasteiger partial charge < -0.3 is 25.4 Å². The van der Waals surface area contributed by atoms with Gasteiger partial charge in [-0.15, -0.1) is 0 Å². The van der Waals surface area contributed by atoms with E-state index in [1.807, 2.05) is 102 Å². The summed E-state index contributed by atoms with van der Waals surface area (Å²) in [4.78, 5) is 50.8. The molecule has 41 heavy (non-hydrogen) atoms. The van der Waals surface area contributed by atoms with E-state index < -0.39 is 24.3 Å². The van der Waals surface area contributed by atoms with Gasteiger partial charge in [-0.25, -0.2) is 9.59 Å². The average Bonchev–Trinajstić information content (AvgIpc) is 2.92. The zero-order chi connectivity index (χ0) is 30.4. The summed E-state index contributed by atoms with van der Waals surface area (Å²) in [6.07, 6.45) is -0.517. The molecule has 0 saturated carbocycles. The van der Waals surface area contributed by atoms with E-state index in [9.17, 15) is 19.2 Å². The number of alkyl carbamates (subject to hydrolysis) is 2. The van der Waals surface area contributed by atoms with Crippen LogP contribution in [-0.4, -0.2) is 42.0 Å². The molecule has 224 valence electrons. The molecule has 0 aromatic heterocycles. The molecule has 9 nitrogen and oxygen atoms in total. The van der Waals surface area contributed by atoms with Crippen molar-refractivity contribution in [3.63, 3.8) is 0 Å². The van der Waals surface area contributed by atoms with Gasteiger partial charge in [-0.2, -0.15) is 0 Å². The van der Waals surface area contributed by atoms with Crippen LogP contribution in [0.25, 0.3) is 0 Å². The molecule has 2 aromatic rings. The molecule has 0 bridgehead atoms. The van der Waals surface area contributed by atoms with Crippen molar-refractivity contribution >= 4 is 23.9 Å². The number of hydrogen-bond acceptors (Lipinski definition) is 6. The summed E-state index contributed by atoms with van der Waals surface area (Å²) in [6.45, 7) is 11.5. The lowest BCUT2D eigenvalue weighted by atomic mass is 9.90. The van der Waals surface area contributed by atoms with E-state index in [1.165, 1.54) is 0 Å². The fraction of sp³-hybridized carbons (Fsp3) is 0.500. The van der Waals surface area contributed by atoms with Crippen molar-refractivity contribution in [2.24, 2.45) is 17.8 Å². The first-order chi connectivity index (χ1) is 19.5. The van der Waals surface area contributed by atoms with E-state index >= 15 is 0 Å². The molecule has 0 aliphatic carbocycles. The molecular formula is C32H45N3O6. The lowest BCUT2D eigenvalue weighted by Gasteiger charge is -2.26.